The Morgan fingerprint density at radius 1 is 0.935 bits per heavy atom. The van der Waals surface area contributed by atoms with Gasteiger partial charge in [0.15, 0.2) is 0 Å². The molecule has 0 fully saturated rings. The van der Waals surface area contributed by atoms with Gasteiger partial charge in [-0.3, -0.25) is 0 Å². The van der Waals surface area contributed by atoms with Crippen LogP contribution in [-0.2, 0) is 15.4 Å². The van der Waals surface area contributed by atoms with Crippen LogP contribution >= 0.6 is 0 Å². The highest BCUT2D eigenvalue weighted by molar-refractivity contribution is 7.89. The minimum Gasteiger partial charge on any atom is -0.210 e. The van der Waals surface area contributed by atoms with E-state index in [1.807, 2.05) is 43.3 Å². The fourth-order valence-corrected chi connectivity index (χ4v) is 5.56. The predicted molar refractivity (Wildman–Crippen MR) is 127 cm³/mol. The summed E-state index contributed by atoms with van der Waals surface area (Å²) in [6, 6.07) is 26.8. The molecule has 1 aliphatic carbocycles. The van der Waals surface area contributed by atoms with E-state index < -0.39 is 15.4 Å². The van der Waals surface area contributed by atoms with Gasteiger partial charge in [0.25, 0.3) is 0 Å². The van der Waals surface area contributed by atoms with Crippen LogP contribution in [0.2, 0.25) is 1.41 Å². The van der Waals surface area contributed by atoms with Crippen molar-refractivity contribution < 1.29 is 9.83 Å². The molecule has 0 radical (unpaired) electrons. The first kappa shape index (κ1) is 20.2. The maximum absolute atomic E-state index is 13.4. The predicted octanol–water partition coefficient (Wildman–Crippen LogP) is 5.62. The summed E-state index contributed by atoms with van der Waals surface area (Å²) in [6.07, 6.45) is 7.43. The van der Waals surface area contributed by atoms with Crippen LogP contribution in [0.4, 0.5) is 0 Å². The molecule has 0 aliphatic heterocycles. The molecule has 1 unspecified atom stereocenters. The van der Waals surface area contributed by atoms with Crippen molar-refractivity contribution in [1.82, 2.24) is 4.72 Å². The Morgan fingerprint density at radius 3 is 2.03 bits per heavy atom. The zero-order valence-corrected chi connectivity index (χ0v) is 18.6. The SMILES string of the molecule is [2H]N(CC(c1ccccc1)(c1ccccc1)C1C=CCCC1)S(=O)(=O)c1ccc(C)cc1. The second-order valence-electron chi connectivity index (χ2n) is 8.24. The molecule has 0 saturated heterocycles. The van der Waals surface area contributed by atoms with Crippen molar-refractivity contribution in [2.45, 2.75) is 36.5 Å². The van der Waals surface area contributed by atoms with Crippen molar-refractivity contribution in [3.8, 4) is 0 Å². The number of nitrogens with one attached hydrogen (secondary N) is 1. The summed E-state index contributed by atoms with van der Waals surface area (Å²) in [5.74, 6) is 0.0853. The average molecular weight is 433 g/mol. The molecule has 0 aromatic heterocycles. The lowest BCUT2D eigenvalue weighted by Gasteiger charge is -2.42. The minimum absolute atomic E-state index is 0.0340. The molecule has 1 aliphatic rings. The number of rotatable bonds is 7. The molecule has 3 aromatic rings. The fourth-order valence-electron chi connectivity index (χ4n) is 4.56. The van der Waals surface area contributed by atoms with Crippen LogP contribution in [0, 0.1) is 12.8 Å². The van der Waals surface area contributed by atoms with Crippen LogP contribution < -0.4 is 4.72 Å². The lowest BCUT2D eigenvalue weighted by Crippen LogP contribution is -2.46. The Bertz CT molecular complexity index is 1120. The first-order chi connectivity index (χ1) is 15.4. The van der Waals surface area contributed by atoms with Crippen molar-refractivity contribution >= 4 is 10.0 Å². The highest BCUT2D eigenvalue weighted by Gasteiger charge is 2.42. The molecule has 0 bridgehead atoms. The largest absolute Gasteiger partial charge is 0.240 e. The van der Waals surface area contributed by atoms with Crippen LogP contribution in [0.3, 0.4) is 0 Å². The van der Waals surface area contributed by atoms with Gasteiger partial charge in [0.05, 0.1) is 4.90 Å². The van der Waals surface area contributed by atoms with E-state index in [0.29, 0.717) is 0 Å². The Balaban J connectivity index is 1.86. The van der Waals surface area contributed by atoms with E-state index in [1.54, 1.807) is 24.3 Å². The maximum atomic E-state index is 13.4. The molecule has 0 saturated carbocycles. The van der Waals surface area contributed by atoms with Crippen molar-refractivity contribution in [2.75, 3.05) is 6.54 Å². The van der Waals surface area contributed by atoms with Gasteiger partial charge in [-0.25, -0.2) is 13.1 Å². The second-order valence-corrected chi connectivity index (χ2v) is 9.92. The summed E-state index contributed by atoms with van der Waals surface area (Å²) in [5, 5.41) is 0. The van der Waals surface area contributed by atoms with Crippen LogP contribution in [0.1, 0.15) is 36.0 Å². The topological polar surface area (TPSA) is 46.2 Å². The van der Waals surface area contributed by atoms with E-state index in [-0.39, 0.29) is 17.4 Å². The van der Waals surface area contributed by atoms with Gasteiger partial charge in [-0.15, -0.1) is 0 Å². The molecule has 160 valence electrons. The molecule has 0 spiro atoms. The van der Waals surface area contributed by atoms with Crippen molar-refractivity contribution in [3.63, 3.8) is 0 Å². The van der Waals surface area contributed by atoms with Gasteiger partial charge in [-0.1, -0.05) is 90.5 Å². The van der Waals surface area contributed by atoms with Gasteiger partial charge < -0.3 is 0 Å². The monoisotopic (exact) mass is 432 g/mol. The molecule has 4 rings (SSSR count). The number of hydrogen-bond donors (Lipinski definition) is 1. The summed E-state index contributed by atoms with van der Waals surface area (Å²) in [6.45, 7) is 1.95. The van der Waals surface area contributed by atoms with Crippen molar-refractivity contribution in [1.29, 1.82) is 0 Å². The van der Waals surface area contributed by atoms with Gasteiger partial charge in [-0.2, -0.15) is 0 Å². The maximum Gasteiger partial charge on any atom is 0.240 e. The summed E-state index contributed by atoms with van der Waals surface area (Å²) >= 11 is 0. The third-order valence-electron chi connectivity index (χ3n) is 6.27. The third kappa shape index (κ3) is 4.51. The lowest BCUT2D eigenvalue weighted by molar-refractivity contribution is 0.342. The van der Waals surface area contributed by atoms with E-state index in [9.17, 15) is 8.42 Å². The van der Waals surface area contributed by atoms with Crippen LogP contribution in [0.25, 0.3) is 0 Å². The molecule has 1 atom stereocenters. The second kappa shape index (κ2) is 9.21. The summed E-state index contributed by atoms with van der Waals surface area (Å²) < 4.78 is 36.3. The molecule has 3 aromatic carbocycles. The minimum atomic E-state index is -3.97. The van der Waals surface area contributed by atoms with E-state index >= 15 is 0 Å². The first-order valence-corrected chi connectivity index (χ1v) is 12.2. The number of hydrogen-bond acceptors (Lipinski definition) is 2. The summed E-state index contributed by atoms with van der Waals surface area (Å²) in [7, 11) is -3.97. The number of allylic oxidation sites excluding steroid dienone is 2. The van der Waals surface area contributed by atoms with E-state index in [2.05, 4.69) is 36.4 Å². The fraction of sp³-hybridized carbons (Fsp3) is 0.259. The molecule has 31 heavy (non-hydrogen) atoms. The van der Waals surface area contributed by atoms with Crippen molar-refractivity contribution in [2.24, 2.45) is 5.92 Å². The van der Waals surface area contributed by atoms with Gasteiger partial charge >= 0.3 is 0 Å². The zero-order valence-electron chi connectivity index (χ0n) is 18.8. The Kier molecular flexibility index (Phi) is 6.01. The standard InChI is InChI=1S/C27H29NO2S/c1-22-17-19-26(20-18-22)31(29,30)28-21-27(23-11-5-2-6-12-23,24-13-7-3-8-14-24)25-15-9-4-10-16-25/h2-3,5-9,11-15,17-20,25,28H,4,10,16,21H2,1H3/i/hD. The highest BCUT2D eigenvalue weighted by atomic mass is 32.2. The lowest BCUT2D eigenvalue weighted by atomic mass is 9.63. The average Bonchev–Trinajstić information content (AvgIpc) is 2.84. The normalized spacial score (nSPS) is 17.5. The number of benzene rings is 3. The molecule has 3 nitrogen and oxygen atoms in total. The quantitative estimate of drug-likeness (QED) is 0.493. The summed E-state index contributed by atoms with van der Waals surface area (Å²) in [5.41, 5.74) is 2.37. The van der Waals surface area contributed by atoms with Gasteiger partial charge in [0.1, 0.15) is 1.41 Å². The molecule has 1 N–H and O–H groups in total. The highest BCUT2D eigenvalue weighted by Crippen LogP contribution is 2.43. The smallest absolute Gasteiger partial charge is 0.210 e. The Morgan fingerprint density at radius 2 is 1.52 bits per heavy atom. The first-order valence-electron chi connectivity index (χ1n) is 11.3. The molecular formula is C27H29NO2S. The van der Waals surface area contributed by atoms with Crippen molar-refractivity contribution in [3.05, 3.63) is 114 Å². The zero-order chi connectivity index (χ0) is 22.6. The van der Waals surface area contributed by atoms with E-state index in [1.165, 1.54) is 0 Å². The number of aryl methyl sites for hydroxylation is 1. The number of sulfonamides is 1. The third-order valence-corrected chi connectivity index (χ3v) is 7.60. The molecule has 0 heterocycles. The van der Waals surface area contributed by atoms with Gasteiger partial charge in [-0.05, 0) is 55.4 Å². The van der Waals surface area contributed by atoms with Gasteiger partial charge in [0, 0.05) is 12.0 Å². The van der Waals surface area contributed by atoms with Gasteiger partial charge in [0.2, 0.25) is 10.0 Å². The summed E-state index contributed by atoms with van der Waals surface area (Å²) in [4.78, 5) is 0.146. The van der Waals surface area contributed by atoms with E-state index in [4.69, 9.17) is 1.41 Å². The van der Waals surface area contributed by atoms with Crippen LogP contribution in [0.5, 0.6) is 0 Å². The van der Waals surface area contributed by atoms with Crippen LogP contribution in [0.15, 0.2) is 102 Å². The molecule has 4 heteroatoms. The Labute approximate surface area is 187 Å². The molecular weight excluding hydrogens is 402 g/mol. The molecule has 0 amide bonds. The van der Waals surface area contributed by atoms with Crippen LogP contribution in [-0.4, -0.2) is 15.0 Å². The Hall–Kier alpha value is -2.69. The van der Waals surface area contributed by atoms with E-state index in [0.717, 1.165) is 40.7 Å².